The summed E-state index contributed by atoms with van der Waals surface area (Å²) in [5.41, 5.74) is 0.527. The van der Waals surface area contributed by atoms with Crippen molar-refractivity contribution < 1.29 is 28.5 Å². The smallest absolute Gasteiger partial charge is 0.425 e. The Morgan fingerprint density at radius 3 is 2.29 bits per heavy atom. The van der Waals surface area contributed by atoms with E-state index in [-0.39, 0.29) is 11.9 Å². The summed E-state index contributed by atoms with van der Waals surface area (Å²) in [5.74, 6) is -0.965. The number of carbonyl (C=O) groups is 2. The Morgan fingerprint density at radius 2 is 1.53 bits per heavy atom. The molecule has 0 radical (unpaired) electrons. The van der Waals surface area contributed by atoms with Crippen molar-refractivity contribution in [1.82, 2.24) is 9.55 Å². The fraction of sp³-hybridized carbons (Fsp3) is 0.0800. The third-order valence-electron chi connectivity index (χ3n) is 5.60. The van der Waals surface area contributed by atoms with E-state index in [1.54, 1.807) is 6.07 Å². The molecule has 0 amide bonds. The largest absolute Gasteiger partial charge is 0.457 e. The minimum atomic E-state index is -1.15. The van der Waals surface area contributed by atoms with E-state index in [2.05, 4.69) is 4.98 Å². The van der Waals surface area contributed by atoms with Crippen LogP contribution in [0, 0.1) is 0 Å². The molecule has 168 valence electrons. The predicted molar refractivity (Wildman–Crippen MR) is 119 cm³/mol. The van der Waals surface area contributed by atoms with Crippen LogP contribution in [0.4, 0.5) is 0 Å². The number of carbonyl (C=O) groups excluding carboxylic acids is 2. The number of ether oxygens (including phenoxy) is 4. The van der Waals surface area contributed by atoms with Gasteiger partial charge >= 0.3 is 17.9 Å². The number of para-hydroxylation sites is 1. The molecule has 34 heavy (non-hydrogen) atoms. The van der Waals surface area contributed by atoms with Gasteiger partial charge in [0.15, 0.2) is 11.8 Å². The fourth-order valence-electron chi connectivity index (χ4n) is 4.02. The number of aromatic nitrogens is 2. The van der Waals surface area contributed by atoms with E-state index in [1.807, 2.05) is 72.8 Å². The maximum absolute atomic E-state index is 11.8. The van der Waals surface area contributed by atoms with Crippen LogP contribution in [-0.2, 0) is 19.9 Å². The molecular weight excluding hydrogens is 460 g/mol. The first-order valence-corrected chi connectivity index (χ1v) is 10.7. The van der Waals surface area contributed by atoms with E-state index in [0.29, 0.717) is 10.8 Å². The van der Waals surface area contributed by atoms with Gasteiger partial charge in [0.05, 0.1) is 6.20 Å². The average molecular weight is 475 g/mol. The van der Waals surface area contributed by atoms with Crippen molar-refractivity contribution in [3.05, 3.63) is 101 Å². The zero-order valence-corrected chi connectivity index (χ0v) is 18.1. The van der Waals surface area contributed by atoms with E-state index < -0.39 is 23.8 Å². The van der Waals surface area contributed by atoms with Gasteiger partial charge < -0.3 is 18.9 Å². The molecule has 0 saturated carbocycles. The SMILES string of the molecule is O=C1Oc2cn(C3OC3(c3ccc(Oc4ccccc4)cc3)c3ccccc3Cl)c(n2)OC1=O. The van der Waals surface area contributed by atoms with Crippen molar-refractivity contribution in [2.45, 2.75) is 11.8 Å². The molecule has 2 unspecified atom stereocenters. The second-order valence-corrected chi connectivity index (χ2v) is 8.08. The first-order valence-electron chi connectivity index (χ1n) is 10.3. The molecule has 4 aromatic rings. The number of nitrogens with zero attached hydrogens (tertiary/aromatic N) is 2. The monoisotopic (exact) mass is 474 g/mol. The van der Waals surface area contributed by atoms with Crippen LogP contribution in [0.3, 0.4) is 0 Å². The standard InChI is InChI=1S/C25H15ClN2O6/c26-19-9-5-4-8-18(19)25(15-10-12-17(13-11-15)31-16-6-2-1-3-7-16)23(34-25)28-14-20-27-24(28)33-22(30)21(29)32-20/h1-14,23H. The quantitative estimate of drug-likeness (QED) is 0.236. The van der Waals surface area contributed by atoms with Gasteiger partial charge in [-0.25, -0.2) is 9.59 Å². The van der Waals surface area contributed by atoms with Gasteiger partial charge in [0, 0.05) is 10.6 Å². The Labute approximate surface area is 198 Å². The molecule has 6 rings (SSSR count). The third kappa shape index (κ3) is 3.32. The van der Waals surface area contributed by atoms with Crippen molar-refractivity contribution in [3.8, 4) is 23.4 Å². The first-order chi connectivity index (χ1) is 16.5. The van der Waals surface area contributed by atoms with Crippen LogP contribution in [0.15, 0.2) is 85.1 Å². The van der Waals surface area contributed by atoms with Crippen LogP contribution >= 0.6 is 11.6 Å². The number of benzene rings is 3. The molecule has 1 saturated heterocycles. The number of esters is 2. The van der Waals surface area contributed by atoms with E-state index in [0.717, 1.165) is 16.9 Å². The molecule has 8 nitrogen and oxygen atoms in total. The highest BCUT2D eigenvalue weighted by molar-refractivity contribution is 6.31. The number of epoxide rings is 1. The maximum Gasteiger partial charge on any atom is 0.425 e. The molecule has 1 aromatic heterocycles. The zero-order valence-electron chi connectivity index (χ0n) is 17.4. The van der Waals surface area contributed by atoms with Crippen molar-refractivity contribution in [2.75, 3.05) is 0 Å². The Balaban J connectivity index is 1.39. The zero-order chi connectivity index (χ0) is 23.3. The van der Waals surface area contributed by atoms with E-state index in [9.17, 15) is 9.59 Å². The lowest BCUT2D eigenvalue weighted by Gasteiger charge is -2.17. The van der Waals surface area contributed by atoms with Gasteiger partial charge in [0.2, 0.25) is 5.88 Å². The third-order valence-corrected chi connectivity index (χ3v) is 5.93. The number of imidazole rings is 1. The van der Waals surface area contributed by atoms with E-state index >= 15 is 0 Å². The molecule has 2 bridgehead atoms. The van der Waals surface area contributed by atoms with Crippen LogP contribution < -0.4 is 14.2 Å². The number of hydrogen-bond donors (Lipinski definition) is 0. The Hall–Kier alpha value is -4.14. The number of halogens is 1. The first kappa shape index (κ1) is 20.5. The van der Waals surface area contributed by atoms with Crippen LogP contribution in [0.5, 0.6) is 23.4 Å². The minimum Gasteiger partial charge on any atom is -0.457 e. The van der Waals surface area contributed by atoms with Crippen LogP contribution in [0.25, 0.3) is 0 Å². The summed E-state index contributed by atoms with van der Waals surface area (Å²) in [6.07, 6.45) is 0.796. The second-order valence-electron chi connectivity index (χ2n) is 7.67. The highest BCUT2D eigenvalue weighted by Gasteiger charge is 2.62. The van der Waals surface area contributed by atoms with Crippen molar-refractivity contribution in [3.63, 3.8) is 0 Å². The van der Waals surface area contributed by atoms with Gasteiger partial charge in [0.1, 0.15) is 11.5 Å². The lowest BCUT2D eigenvalue weighted by Crippen LogP contribution is -2.26. The van der Waals surface area contributed by atoms with Gasteiger partial charge in [-0.1, -0.05) is 60.1 Å². The summed E-state index contributed by atoms with van der Waals surface area (Å²) in [6, 6.07) is 24.1. The summed E-state index contributed by atoms with van der Waals surface area (Å²) in [5, 5.41) is 0.506. The van der Waals surface area contributed by atoms with Crippen LogP contribution in [-0.4, -0.2) is 21.5 Å². The molecule has 3 heterocycles. The minimum absolute atomic E-state index is 0.0546. The lowest BCUT2D eigenvalue weighted by molar-refractivity contribution is -0.156. The normalized spacial score (nSPS) is 20.8. The van der Waals surface area contributed by atoms with Gasteiger partial charge in [-0.3, -0.25) is 4.57 Å². The topological polar surface area (TPSA) is 92.2 Å². The number of hydrogen-bond acceptors (Lipinski definition) is 7. The molecule has 2 aliphatic heterocycles. The summed E-state index contributed by atoms with van der Waals surface area (Å²) < 4.78 is 23.7. The molecule has 0 aliphatic carbocycles. The second kappa shape index (κ2) is 7.72. The highest BCUT2D eigenvalue weighted by atomic mass is 35.5. The van der Waals surface area contributed by atoms with E-state index in [4.69, 9.17) is 30.5 Å². The van der Waals surface area contributed by atoms with Gasteiger partial charge in [-0.05, 0) is 35.9 Å². The summed E-state index contributed by atoms with van der Waals surface area (Å²) in [7, 11) is 0. The fourth-order valence-corrected chi connectivity index (χ4v) is 4.30. The van der Waals surface area contributed by atoms with Gasteiger partial charge in [-0.15, -0.1) is 0 Å². The highest BCUT2D eigenvalue weighted by Crippen LogP contribution is 2.61. The molecule has 2 aliphatic rings. The molecule has 0 N–H and O–H groups in total. The van der Waals surface area contributed by atoms with Gasteiger partial charge in [-0.2, -0.15) is 4.98 Å². The molecule has 9 heteroatoms. The Kier molecular flexibility index (Phi) is 4.65. The summed E-state index contributed by atoms with van der Waals surface area (Å²) >= 11 is 6.57. The summed E-state index contributed by atoms with van der Waals surface area (Å²) in [4.78, 5) is 27.5. The van der Waals surface area contributed by atoms with Crippen molar-refractivity contribution in [2.24, 2.45) is 0 Å². The van der Waals surface area contributed by atoms with Crippen molar-refractivity contribution >= 4 is 23.5 Å². The number of fused-ring (bicyclic) bond motifs is 2. The maximum atomic E-state index is 11.8. The Bertz CT molecular complexity index is 1420. The van der Waals surface area contributed by atoms with E-state index in [1.165, 1.54) is 10.8 Å². The average Bonchev–Trinajstić information content (AvgIpc) is 3.50. The van der Waals surface area contributed by atoms with Crippen molar-refractivity contribution in [1.29, 1.82) is 0 Å². The van der Waals surface area contributed by atoms with Crippen LogP contribution in [0.2, 0.25) is 5.02 Å². The molecule has 0 spiro atoms. The molecule has 1 fully saturated rings. The lowest BCUT2D eigenvalue weighted by atomic mass is 9.90. The number of rotatable bonds is 5. The molecular formula is C25H15ClN2O6. The molecule has 3 aromatic carbocycles. The van der Waals surface area contributed by atoms with Gasteiger partial charge in [0.25, 0.3) is 0 Å². The predicted octanol–water partition coefficient (Wildman–Crippen LogP) is 4.63. The molecule has 2 atom stereocenters. The summed E-state index contributed by atoms with van der Waals surface area (Å²) in [6.45, 7) is 0. The Morgan fingerprint density at radius 1 is 0.853 bits per heavy atom. The van der Waals surface area contributed by atoms with Crippen LogP contribution in [0.1, 0.15) is 17.4 Å².